The first-order chi connectivity index (χ1) is 16.0. The Bertz CT molecular complexity index is 1350. The molecule has 3 heterocycles. The second-order valence-electron chi connectivity index (χ2n) is 6.48. The normalized spacial score (nSPS) is 10.6. The van der Waals surface area contributed by atoms with Crippen LogP contribution in [0.2, 0.25) is 5.28 Å². The fraction of sp³-hybridized carbons (Fsp3) is 0.0455. The van der Waals surface area contributed by atoms with Crippen molar-refractivity contribution in [3.8, 4) is 32.4 Å². The molecule has 0 aliphatic carbocycles. The lowest BCUT2D eigenvalue weighted by molar-refractivity contribution is 0.174. The van der Waals surface area contributed by atoms with Gasteiger partial charge in [-0.3, -0.25) is 10.3 Å². The lowest BCUT2D eigenvalue weighted by atomic mass is 10.1. The van der Waals surface area contributed by atoms with E-state index in [1.807, 2.05) is 0 Å². The third-order valence-electron chi connectivity index (χ3n) is 4.26. The van der Waals surface area contributed by atoms with Crippen LogP contribution in [0, 0.1) is 11.6 Å². The predicted octanol–water partition coefficient (Wildman–Crippen LogP) is 6.00. The van der Waals surface area contributed by atoms with Gasteiger partial charge in [0, 0.05) is 23.5 Å². The number of anilines is 1. The van der Waals surface area contributed by atoms with Crippen LogP contribution >= 0.6 is 22.9 Å². The van der Waals surface area contributed by atoms with Crippen molar-refractivity contribution in [1.82, 2.24) is 19.9 Å². The van der Waals surface area contributed by atoms with Crippen LogP contribution in [-0.4, -0.2) is 32.6 Å². The quantitative estimate of drug-likeness (QED) is 0.266. The topological polar surface area (TPSA) is 89.9 Å². The van der Waals surface area contributed by atoms with Crippen LogP contribution in [0.1, 0.15) is 0 Å². The number of hydrogen-bond acceptors (Lipinski definition) is 7. The summed E-state index contributed by atoms with van der Waals surface area (Å²) in [6, 6.07) is 7.32. The fourth-order valence-corrected chi connectivity index (χ4v) is 4.06. The maximum atomic E-state index is 15.4. The van der Waals surface area contributed by atoms with Crippen LogP contribution in [0.5, 0.6) is 0 Å². The molecular formula is C22H14ClF2N5O2S. The zero-order valence-corrected chi connectivity index (χ0v) is 18.3. The molecule has 0 unspecified atom stereocenters. The highest BCUT2D eigenvalue weighted by atomic mass is 35.5. The number of thiazole rings is 1. The summed E-state index contributed by atoms with van der Waals surface area (Å²) >= 11 is 7.11. The molecule has 1 N–H and O–H groups in total. The lowest BCUT2D eigenvalue weighted by Gasteiger charge is -2.10. The number of halogens is 3. The predicted molar refractivity (Wildman–Crippen MR) is 122 cm³/mol. The van der Waals surface area contributed by atoms with Gasteiger partial charge in [0.15, 0.2) is 5.82 Å². The van der Waals surface area contributed by atoms with Gasteiger partial charge in [0.1, 0.15) is 17.4 Å². The van der Waals surface area contributed by atoms with Gasteiger partial charge < -0.3 is 4.74 Å². The number of nitrogens with zero attached hydrogens (tertiary/aromatic N) is 4. The van der Waals surface area contributed by atoms with Gasteiger partial charge >= 0.3 is 6.09 Å². The first-order valence-corrected chi connectivity index (χ1v) is 10.6. The second kappa shape index (κ2) is 9.80. The van der Waals surface area contributed by atoms with Crippen molar-refractivity contribution >= 4 is 34.7 Å². The van der Waals surface area contributed by atoms with Crippen LogP contribution in [0.15, 0.2) is 61.6 Å². The molecule has 0 radical (unpaired) electrons. The van der Waals surface area contributed by atoms with E-state index < -0.39 is 17.7 Å². The number of rotatable bonds is 6. The number of hydrogen-bond donors (Lipinski definition) is 1. The summed E-state index contributed by atoms with van der Waals surface area (Å²) in [6.07, 6.45) is 4.54. The number of carbonyl (C=O) groups is 1. The van der Waals surface area contributed by atoms with E-state index in [1.54, 1.807) is 12.1 Å². The molecule has 0 saturated carbocycles. The van der Waals surface area contributed by atoms with Gasteiger partial charge in [-0.2, -0.15) is 0 Å². The molecule has 0 fully saturated rings. The standard InChI is InChI=1S/C22H14ClF2N5O2S/c1-2-8-32-22(31)29-15-5-3-4-14(17(15)25)18-19(16-6-7-27-21(23)28-16)33-20(30-18)12-9-13(24)11-26-10-12/h2-7,9-11H,1,8H2,(H,29,31). The molecule has 11 heteroatoms. The summed E-state index contributed by atoms with van der Waals surface area (Å²) in [5.74, 6) is -1.27. The lowest BCUT2D eigenvalue weighted by Crippen LogP contribution is -2.14. The van der Waals surface area contributed by atoms with Crippen molar-refractivity contribution in [2.75, 3.05) is 11.9 Å². The number of amides is 1. The van der Waals surface area contributed by atoms with E-state index in [2.05, 4.69) is 31.8 Å². The van der Waals surface area contributed by atoms with Crippen LogP contribution in [0.4, 0.5) is 19.3 Å². The van der Waals surface area contributed by atoms with E-state index in [9.17, 15) is 9.18 Å². The first kappa shape index (κ1) is 22.4. The third-order valence-corrected chi connectivity index (χ3v) is 5.57. The molecule has 1 amide bonds. The minimum Gasteiger partial charge on any atom is -0.445 e. The Balaban J connectivity index is 1.83. The molecule has 0 saturated heterocycles. The molecule has 0 aliphatic heterocycles. The molecular weight excluding hydrogens is 472 g/mol. The summed E-state index contributed by atoms with van der Waals surface area (Å²) in [7, 11) is 0. The van der Waals surface area contributed by atoms with E-state index in [0.29, 0.717) is 21.1 Å². The summed E-state index contributed by atoms with van der Waals surface area (Å²) in [5, 5.41) is 2.75. The fourth-order valence-electron chi connectivity index (χ4n) is 2.88. The van der Waals surface area contributed by atoms with Gasteiger partial charge in [0.2, 0.25) is 5.28 Å². The largest absolute Gasteiger partial charge is 0.445 e. The molecule has 33 heavy (non-hydrogen) atoms. The summed E-state index contributed by atoms with van der Waals surface area (Å²) < 4.78 is 34.0. The van der Waals surface area contributed by atoms with E-state index >= 15 is 4.39 Å². The van der Waals surface area contributed by atoms with Crippen LogP contribution in [0.25, 0.3) is 32.4 Å². The summed E-state index contributed by atoms with van der Waals surface area (Å²) in [5.41, 5.74) is 1.04. The molecule has 0 spiro atoms. The van der Waals surface area contributed by atoms with Gasteiger partial charge in [-0.05, 0) is 35.9 Å². The maximum absolute atomic E-state index is 15.4. The van der Waals surface area contributed by atoms with Gasteiger partial charge in [-0.15, -0.1) is 11.3 Å². The first-order valence-electron chi connectivity index (χ1n) is 9.40. The summed E-state index contributed by atoms with van der Waals surface area (Å²) in [4.78, 5) is 28.8. The van der Waals surface area contributed by atoms with Crippen molar-refractivity contribution in [3.05, 3.63) is 78.5 Å². The Hall–Kier alpha value is -3.76. The Morgan fingerprint density at radius 2 is 2.09 bits per heavy atom. The van der Waals surface area contributed by atoms with Crippen molar-refractivity contribution < 1.29 is 18.3 Å². The number of pyridine rings is 1. The molecule has 4 aromatic rings. The minimum absolute atomic E-state index is 0.00155. The zero-order valence-electron chi connectivity index (χ0n) is 16.8. The van der Waals surface area contributed by atoms with Crippen molar-refractivity contribution in [1.29, 1.82) is 0 Å². The van der Waals surface area contributed by atoms with E-state index in [1.165, 1.54) is 36.7 Å². The highest BCUT2D eigenvalue weighted by Crippen LogP contribution is 2.41. The third kappa shape index (κ3) is 5.02. The number of aromatic nitrogens is 4. The molecule has 166 valence electrons. The SMILES string of the molecule is C=CCOC(=O)Nc1cccc(-c2nc(-c3cncc(F)c3)sc2-c2ccnc(Cl)n2)c1F. The molecule has 0 atom stereocenters. The van der Waals surface area contributed by atoms with Gasteiger partial charge in [-0.25, -0.2) is 28.5 Å². The van der Waals surface area contributed by atoms with Crippen LogP contribution in [-0.2, 0) is 4.74 Å². The van der Waals surface area contributed by atoms with E-state index in [-0.39, 0.29) is 28.8 Å². The number of carbonyl (C=O) groups excluding carboxylic acids is 1. The van der Waals surface area contributed by atoms with E-state index in [0.717, 1.165) is 17.5 Å². The molecule has 0 bridgehead atoms. The molecule has 7 nitrogen and oxygen atoms in total. The molecule has 4 rings (SSSR count). The van der Waals surface area contributed by atoms with Gasteiger partial charge in [0.05, 0.1) is 28.1 Å². The monoisotopic (exact) mass is 485 g/mol. The Kier molecular flexibility index (Phi) is 6.66. The smallest absolute Gasteiger partial charge is 0.412 e. The van der Waals surface area contributed by atoms with Crippen molar-refractivity contribution in [2.45, 2.75) is 0 Å². The Morgan fingerprint density at radius 3 is 2.85 bits per heavy atom. The molecule has 1 aromatic carbocycles. The Labute approximate surface area is 195 Å². The second-order valence-corrected chi connectivity index (χ2v) is 7.82. The van der Waals surface area contributed by atoms with Gasteiger partial charge in [-0.1, -0.05) is 18.7 Å². The van der Waals surface area contributed by atoms with Crippen LogP contribution < -0.4 is 5.32 Å². The highest BCUT2D eigenvalue weighted by Gasteiger charge is 2.22. The summed E-state index contributed by atoms with van der Waals surface area (Å²) in [6.45, 7) is 3.43. The average molecular weight is 486 g/mol. The number of ether oxygens (including phenoxy) is 1. The highest BCUT2D eigenvalue weighted by molar-refractivity contribution is 7.18. The minimum atomic E-state index is -0.835. The molecule has 0 aliphatic rings. The van der Waals surface area contributed by atoms with Crippen molar-refractivity contribution in [2.24, 2.45) is 0 Å². The zero-order chi connectivity index (χ0) is 23.4. The van der Waals surface area contributed by atoms with Crippen LogP contribution in [0.3, 0.4) is 0 Å². The Morgan fingerprint density at radius 1 is 1.24 bits per heavy atom. The average Bonchev–Trinajstić information content (AvgIpc) is 3.24. The van der Waals surface area contributed by atoms with Crippen molar-refractivity contribution in [3.63, 3.8) is 0 Å². The molecule has 3 aromatic heterocycles. The number of benzene rings is 1. The van der Waals surface area contributed by atoms with Gasteiger partial charge in [0.25, 0.3) is 0 Å². The number of nitrogens with one attached hydrogen (secondary N) is 1. The maximum Gasteiger partial charge on any atom is 0.412 e. The van der Waals surface area contributed by atoms with E-state index in [4.69, 9.17) is 16.3 Å².